The van der Waals surface area contributed by atoms with E-state index in [2.05, 4.69) is 12.2 Å². The summed E-state index contributed by atoms with van der Waals surface area (Å²) in [5.74, 6) is -1.02. The lowest BCUT2D eigenvalue weighted by atomic mass is 9.95. The van der Waals surface area contributed by atoms with Gasteiger partial charge in [-0.1, -0.05) is 13.3 Å². The molecule has 5 nitrogen and oxygen atoms in total. The number of nitrogens with zero attached hydrogens (tertiary/aromatic N) is 1. The molecule has 0 aliphatic carbocycles. The molecule has 0 bridgehead atoms. The minimum atomic E-state index is -0.939. The highest BCUT2D eigenvalue weighted by Crippen LogP contribution is 2.21. The Morgan fingerprint density at radius 3 is 2.76 bits per heavy atom. The lowest BCUT2D eigenvalue weighted by Crippen LogP contribution is -2.65. The number of carbonyl (C=O) groups is 2. The van der Waals surface area contributed by atoms with Crippen LogP contribution in [0.5, 0.6) is 0 Å². The van der Waals surface area contributed by atoms with E-state index in [0.717, 1.165) is 12.8 Å². The third kappa shape index (κ3) is 3.43. The van der Waals surface area contributed by atoms with Crippen molar-refractivity contribution >= 4 is 11.9 Å². The summed E-state index contributed by atoms with van der Waals surface area (Å²) in [6, 6.07) is -0.572. The third-order valence-electron chi connectivity index (χ3n) is 3.19. The molecular formula is C12H22N2O3. The van der Waals surface area contributed by atoms with Gasteiger partial charge in [0.1, 0.15) is 0 Å². The standard InChI is InChI=1S/C12H22N2O3/c1-4-5-6-14-11(17)9(7-10(15)16)13-8-12(14,2)3/h9,13H,4-8H2,1-3H3,(H,15,16). The normalized spacial score (nSPS) is 23.8. The largest absolute Gasteiger partial charge is 0.481 e. The first kappa shape index (κ1) is 14.0. The fraction of sp³-hybridized carbons (Fsp3) is 0.833. The first-order chi connectivity index (χ1) is 7.88. The van der Waals surface area contributed by atoms with Gasteiger partial charge in [0.15, 0.2) is 0 Å². The van der Waals surface area contributed by atoms with Crippen molar-refractivity contribution in [1.29, 1.82) is 0 Å². The van der Waals surface area contributed by atoms with Gasteiger partial charge in [0, 0.05) is 18.6 Å². The summed E-state index contributed by atoms with van der Waals surface area (Å²) in [7, 11) is 0. The van der Waals surface area contributed by atoms with Gasteiger partial charge in [-0.2, -0.15) is 0 Å². The van der Waals surface area contributed by atoms with E-state index in [1.165, 1.54) is 0 Å². The van der Waals surface area contributed by atoms with Gasteiger partial charge >= 0.3 is 5.97 Å². The van der Waals surface area contributed by atoms with Crippen molar-refractivity contribution in [3.8, 4) is 0 Å². The van der Waals surface area contributed by atoms with Crippen molar-refractivity contribution in [2.24, 2.45) is 0 Å². The average Bonchev–Trinajstić information content (AvgIpc) is 2.22. The number of aliphatic carboxylic acids is 1. The summed E-state index contributed by atoms with van der Waals surface area (Å²) >= 11 is 0. The maximum atomic E-state index is 12.2. The van der Waals surface area contributed by atoms with E-state index in [9.17, 15) is 9.59 Å². The van der Waals surface area contributed by atoms with Gasteiger partial charge in [-0.15, -0.1) is 0 Å². The van der Waals surface area contributed by atoms with E-state index in [0.29, 0.717) is 13.1 Å². The van der Waals surface area contributed by atoms with Crippen LogP contribution in [0, 0.1) is 0 Å². The molecule has 1 heterocycles. The van der Waals surface area contributed by atoms with Crippen LogP contribution >= 0.6 is 0 Å². The van der Waals surface area contributed by atoms with Crippen LogP contribution in [0.25, 0.3) is 0 Å². The molecule has 1 rings (SSSR count). The van der Waals surface area contributed by atoms with E-state index in [-0.39, 0.29) is 17.9 Å². The molecule has 5 heteroatoms. The van der Waals surface area contributed by atoms with Crippen LogP contribution in [0.2, 0.25) is 0 Å². The fourth-order valence-corrected chi connectivity index (χ4v) is 2.11. The van der Waals surface area contributed by atoms with Crippen LogP contribution in [0.1, 0.15) is 40.0 Å². The molecule has 0 aromatic rings. The summed E-state index contributed by atoms with van der Waals surface area (Å²) in [6.45, 7) is 7.43. The van der Waals surface area contributed by atoms with E-state index < -0.39 is 12.0 Å². The molecule has 0 aromatic heterocycles. The zero-order valence-corrected chi connectivity index (χ0v) is 10.8. The highest BCUT2D eigenvalue weighted by molar-refractivity contribution is 5.87. The Balaban J connectivity index is 2.73. The first-order valence-electron chi connectivity index (χ1n) is 6.15. The molecule has 1 aliphatic heterocycles. The second-order valence-corrected chi connectivity index (χ2v) is 5.19. The number of amides is 1. The summed E-state index contributed by atoms with van der Waals surface area (Å²) < 4.78 is 0. The summed E-state index contributed by atoms with van der Waals surface area (Å²) in [4.78, 5) is 24.7. The van der Waals surface area contributed by atoms with Crippen LogP contribution in [0.3, 0.4) is 0 Å². The van der Waals surface area contributed by atoms with Gasteiger partial charge < -0.3 is 15.3 Å². The van der Waals surface area contributed by atoms with Crippen molar-refractivity contribution in [3.05, 3.63) is 0 Å². The van der Waals surface area contributed by atoms with Crippen LogP contribution in [-0.2, 0) is 9.59 Å². The molecule has 1 aliphatic rings. The monoisotopic (exact) mass is 242 g/mol. The number of piperazine rings is 1. The van der Waals surface area contributed by atoms with Gasteiger partial charge in [0.25, 0.3) is 0 Å². The number of hydrogen-bond acceptors (Lipinski definition) is 3. The Morgan fingerprint density at radius 1 is 1.59 bits per heavy atom. The molecule has 2 N–H and O–H groups in total. The molecule has 1 fully saturated rings. The molecule has 0 radical (unpaired) electrons. The molecule has 0 aromatic carbocycles. The quantitative estimate of drug-likeness (QED) is 0.749. The minimum absolute atomic E-state index is 0.0860. The maximum Gasteiger partial charge on any atom is 0.305 e. The van der Waals surface area contributed by atoms with Gasteiger partial charge in [0.05, 0.1) is 12.5 Å². The predicted molar refractivity (Wildman–Crippen MR) is 64.7 cm³/mol. The summed E-state index contributed by atoms with van der Waals surface area (Å²) in [5, 5.41) is 11.8. The molecule has 1 unspecified atom stereocenters. The second-order valence-electron chi connectivity index (χ2n) is 5.19. The lowest BCUT2D eigenvalue weighted by Gasteiger charge is -2.45. The van der Waals surface area contributed by atoms with Crippen molar-refractivity contribution in [2.75, 3.05) is 13.1 Å². The zero-order chi connectivity index (χ0) is 13.1. The van der Waals surface area contributed by atoms with Gasteiger partial charge in [0.2, 0.25) is 5.91 Å². The van der Waals surface area contributed by atoms with Crippen LogP contribution in [0.4, 0.5) is 0 Å². The van der Waals surface area contributed by atoms with Crippen molar-refractivity contribution < 1.29 is 14.7 Å². The third-order valence-corrected chi connectivity index (χ3v) is 3.19. The zero-order valence-electron chi connectivity index (χ0n) is 10.8. The Kier molecular flexibility index (Phi) is 4.51. The van der Waals surface area contributed by atoms with Crippen molar-refractivity contribution in [1.82, 2.24) is 10.2 Å². The number of carboxylic acid groups (broad SMARTS) is 1. The second kappa shape index (κ2) is 5.49. The molecule has 1 saturated heterocycles. The van der Waals surface area contributed by atoms with Crippen molar-refractivity contribution in [2.45, 2.75) is 51.6 Å². The molecule has 98 valence electrons. The fourth-order valence-electron chi connectivity index (χ4n) is 2.11. The smallest absolute Gasteiger partial charge is 0.305 e. The van der Waals surface area contributed by atoms with Gasteiger partial charge in [-0.25, -0.2) is 0 Å². The average molecular weight is 242 g/mol. The summed E-state index contributed by atoms with van der Waals surface area (Å²) in [5.41, 5.74) is -0.235. The lowest BCUT2D eigenvalue weighted by molar-refractivity contribution is -0.148. The number of nitrogens with one attached hydrogen (secondary N) is 1. The molecule has 17 heavy (non-hydrogen) atoms. The van der Waals surface area contributed by atoms with Crippen LogP contribution in [-0.4, -0.2) is 46.6 Å². The SMILES string of the molecule is CCCCN1C(=O)C(CC(=O)O)NCC1(C)C. The predicted octanol–water partition coefficient (Wildman–Crippen LogP) is 0.840. The van der Waals surface area contributed by atoms with Crippen LogP contribution in [0.15, 0.2) is 0 Å². The number of rotatable bonds is 5. The van der Waals surface area contributed by atoms with Crippen molar-refractivity contribution in [3.63, 3.8) is 0 Å². The molecule has 0 spiro atoms. The Hall–Kier alpha value is -1.10. The first-order valence-corrected chi connectivity index (χ1v) is 6.15. The number of hydrogen-bond donors (Lipinski definition) is 2. The molecule has 1 atom stereocenters. The Labute approximate surface area is 102 Å². The highest BCUT2D eigenvalue weighted by atomic mass is 16.4. The number of unbranched alkanes of at least 4 members (excludes halogenated alkanes) is 1. The summed E-state index contributed by atoms with van der Waals surface area (Å²) in [6.07, 6.45) is 1.84. The number of carbonyl (C=O) groups excluding carboxylic acids is 1. The Morgan fingerprint density at radius 2 is 2.24 bits per heavy atom. The van der Waals surface area contributed by atoms with E-state index in [1.807, 2.05) is 18.7 Å². The molecule has 0 saturated carbocycles. The van der Waals surface area contributed by atoms with E-state index in [4.69, 9.17) is 5.11 Å². The molecular weight excluding hydrogens is 220 g/mol. The van der Waals surface area contributed by atoms with Gasteiger partial charge in [-0.05, 0) is 20.3 Å². The maximum absolute atomic E-state index is 12.2. The minimum Gasteiger partial charge on any atom is -0.481 e. The van der Waals surface area contributed by atoms with Gasteiger partial charge in [-0.3, -0.25) is 9.59 Å². The topological polar surface area (TPSA) is 69.6 Å². The molecule has 1 amide bonds. The van der Waals surface area contributed by atoms with E-state index in [1.54, 1.807) is 0 Å². The highest BCUT2D eigenvalue weighted by Gasteiger charge is 2.40. The van der Waals surface area contributed by atoms with E-state index >= 15 is 0 Å². The number of carboxylic acids is 1. The van der Waals surface area contributed by atoms with Crippen LogP contribution < -0.4 is 5.32 Å². The Bertz CT molecular complexity index is 302.